The zero-order chi connectivity index (χ0) is 23.4. The van der Waals surface area contributed by atoms with Gasteiger partial charge in [-0.05, 0) is 48.5 Å². The van der Waals surface area contributed by atoms with Gasteiger partial charge in [-0.1, -0.05) is 48.2 Å². The molecule has 168 valence electrons. The first kappa shape index (κ1) is 22.7. The van der Waals surface area contributed by atoms with Crippen LogP contribution in [0.5, 0.6) is 0 Å². The van der Waals surface area contributed by atoms with E-state index in [0.29, 0.717) is 11.4 Å². The number of hydrogen-bond acceptors (Lipinski definition) is 5. The number of benzene rings is 3. The van der Waals surface area contributed by atoms with Crippen LogP contribution in [0.15, 0.2) is 94.2 Å². The molecule has 0 saturated carbocycles. The molecule has 1 N–H and O–H groups in total. The molecule has 0 spiro atoms. The molecule has 10 heteroatoms. The van der Waals surface area contributed by atoms with Crippen LogP contribution in [0, 0.1) is 5.82 Å². The monoisotopic (exact) mass is 483 g/mol. The number of halogens is 1. The lowest BCUT2D eigenvalue weighted by molar-refractivity contribution is -0.121. The van der Waals surface area contributed by atoms with Gasteiger partial charge in [0.25, 0.3) is 10.0 Å². The van der Waals surface area contributed by atoms with Crippen LogP contribution in [0.1, 0.15) is 6.42 Å². The third-order valence-electron chi connectivity index (χ3n) is 4.69. The van der Waals surface area contributed by atoms with Crippen molar-refractivity contribution in [2.24, 2.45) is 4.40 Å². The van der Waals surface area contributed by atoms with Crippen molar-refractivity contribution < 1.29 is 22.4 Å². The summed E-state index contributed by atoms with van der Waals surface area (Å²) in [6.45, 7) is 0. The van der Waals surface area contributed by atoms with Crippen molar-refractivity contribution in [1.29, 1.82) is 0 Å². The van der Waals surface area contributed by atoms with Crippen LogP contribution in [0.3, 0.4) is 0 Å². The molecule has 2 amide bonds. The molecule has 1 heterocycles. The highest BCUT2D eigenvalue weighted by Gasteiger charge is 2.41. The average molecular weight is 484 g/mol. The number of hydrogen-bond donors (Lipinski definition) is 1. The van der Waals surface area contributed by atoms with E-state index in [2.05, 4.69) is 9.71 Å². The maximum absolute atomic E-state index is 13.2. The van der Waals surface area contributed by atoms with Crippen LogP contribution in [0.4, 0.5) is 15.8 Å². The fraction of sp³-hybridized carbons (Fsp3) is 0.0870. The minimum absolute atomic E-state index is 0.00364. The van der Waals surface area contributed by atoms with Crippen LogP contribution in [-0.4, -0.2) is 30.6 Å². The number of nitrogens with one attached hydrogen (secondary N) is 1. The first-order valence-electron chi connectivity index (χ1n) is 9.84. The molecule has 0 radical (unpaired) electrons. The molecular weight excluding hydrogens is 465 g/mol. The predicted molar refractivity (Wildman–Crippen MR) is 126 cm³/mol. The smallest absolute Gasteiger partial charge is 0.284 e. The first-order valence-corrected chi connectivity index (χ1v) is 12.2. The summed E-state index contributed by atoms with van der Waals surface area (Å²) in [7, 11) is -4.08. The third-order valence-corrected chi connectivity index (χ3v) is 7.22. The normalized spacial score (nSPS) is 17.4. The summed E-state index contributed by atoms with van der Waals surface area (Å²) in [6, 6.07) is 21.4. The largest absolute Gasteiger partial charge is 0.326 e. The zero-order valence-electron chi connectivity index (χ0n) is 17.1. The molecule has 7 nitrogen and oxygen atoms in total. The Morgan fingerprint density at radius 3 is 2.21 bits per heavy atom. The zero-order valence-corrected chi connectivity index (χ0v) is 18.7. The molecule has 0 aliphatic carbocycles. The maximum Gasteiger partial charge on any atom is 0.284 e. The van der Waals surface area contributed by atoms with Gasteiger partial charge in [-0.25, -0.2) is 4.39 Å². The van der Waals surface area contributed by atoms with Gasteiger partial charge in [-0.3, -0.25) is 14.5 Å². The average Bonchev–Trinajstić information content (AvgIpc) is 3.10. The molecule has 1 aliphatic heterocycles. The highest BCUT2D eigenvalue weighted by Crippen LogP contribution is 2.35. The van der Waals surface area contributed by atoms with E-state index in [-0.39, 0.29) is 16.5 Å². The van der Waals surface area contributed by atoms with Gasteiger partial charge in [0, 0.05) is 12.1 Å². The highest BCUT2D eigenvalue weighted by molar-refractivity contribution is 8.16. The van der Waals surface area contributed by atoms with E-state index < -0.39 is 32.9 Å². The summed E-state index contributed by atoms with van der Waals surface area (Å²) in [5.41, 5.74) is 0.829. The highest BCUT2D eigenvalue weighted by atomic mass is 32.2. The number of sulfonamides is 1. The number of anilines is 2. The lowest BCUT2D eigenvalue weighted by Crippen LogP contribution is -2.33. The number of carbonyl (C=O) groups is 2. The van der Waals surface area contributed by atoms with Crippen LogP contribution in [0.2, 0.25) is 0 Å². The van der Waals surface area contributed by atoms with Crippen molar-refractivity contribution in [2.45, 2.75) is 16.6 Å². The standard InChI is InChI=1S/C23H18FN3O4S2/c24-16-11-13-17(14-12-16)25-21(28)15-20-22(29)27(18-7-3-1-4-8-18)23(32-20)26-33(30,31)19-9-5-2-6-10-19/h1-14,20H,15H2,(H,25,28)/b26-23+. The van der Waals surface area contributed by atoms with E-state index >= 15 is 0 Å². The maximum atomic E-state index is 13.2. The molecule has 3 aromatic carbocycles. The first-order chi connectivity index (χ1) is 15.8. The van der Waals surface area contributed by atoms with Gasteiger partial charge >= 0.3 is 0 Å². The van der Waals surface area contributed by atoms with Crippen LogP contribution in [-0.2, 0) is 19.6 Å². The Morgan fingerprint density at radius 2 is 1.58 bits per heavy atom. The summed E-state index contributed by atoms with van der Waals surface area (Å²) in [4.78, 5) is 26.9. The Bertz CT molecular complexity index is 1300. The van der Waals surface area contributed by atoms with Crippen LogP contribution < -0.4 is 10.2 Å². The van der Waals surface area contributed by atoms with Crippen molar-refractivity contribution in [1.82, 2.24) is 0 Å². The van der Waals surface area contributed by atoms with Crippen molar-refractivity contribution in [2.75, 3.05) is 10.2 Å². The van der Waals surface area contributed by atoms with Crippen molar-refractivity contribution >= 4 is 50.1 Å². The summed E-state index contributed by atoms with van der Waals surface area (Å²) in [5.74, 6) is -1.36. The summed E-state index contributed by atoms with van der Waals surface area (Å²) >= 11 is 0.911. The molecule has 0 bridgehead atoms. The molecule has 33 heavy (non-hydrogen) atoms. The summed E-state index contributed by atoms with van der Waals surface area (Å²) in [6.07, 6.45) is -0.214. The number of nitrogens with zero attached hydrogens (tertiary/aromatic N) is 2. The van der Waals surface area contributed by atoms with Gasteiger partial charge in [0.15, 0.2) is 5.17 Å². The molecule has 1 aliphatic rings. The second kappa shape index (κ2) is 9.55. The fourth-order valence-electron chi connectivity index (χ4n) is 3.14. The van der Waals surface area contributed by atoms with Crippen LogP contribution >= 0.6 is 11.8 Å². The SMILES string of the molecule is O=C(CC1S/C(=N/S(=O)(=O)c2ccccc2)N(c2ccccc2)C1=O)Nc1ccc(F)cc1. The van der Waals surface area contributed by atoms with E-state index in [1.807, 2.05) is 0 Å². The topological polar surface area (TPSA) is 95.9 Å². The van der Waals surface area contributed by atoms with E-state index in [9.17, 15) is 22.4 Å². The lowest BCUT2D eigenvalue weighted by atomic mass is 10.2. The number of amidine groups is 1. The minimum atomic E-state index is -4.08. The quantitative estimate of drug-likeness (QED) is 0.571. The van der Waals surface area contributed by atoms with Crippen molar-refractivity contribution in [3.05, 3.63) is 90.7 Å². The van der Waals surface area contributed by atoms with E-state index in [0.717, 1.165) is 11.8 Å². The van der Waals surface area contributed by atoms with Gasteiger partial charge in [0.1, 0.15) is 11.1 Å². The van der Waals surface area contributed by atoms with Gasteiger partial charge in [-0.15, -0.1) is 4.40 Å². The number of para-hydroxylation sites is 1. The molecule has 4 rings (SSSR count). The molecular formula is C23H18FN3O4S2. The second-order valence-electron chi connectivity index (χ2n) is 7.04. The lowest BCUT2D eigenvalue weighted by Gasteiger charge is -2.16. The Labute approximate surface area is 194 Å². The Hall–Kier alpha value is -3.50. The van der Waals surface area contributed by atoms with Gasteiger partial charge in [0.2, 0.25) is 11.8 Å². The van der Waals surface area contributed by atoms with Crippen LogP contribution in [0.25, 0.3) is 0 Å². The van der Waals surface area contributed by atoms with Crippen molar-refractivity contribution in [3.63, 3.8) is 0 Å². The summed E-state index contributed by atoms with van der Waals surface area (Å²) < 4.78 is 42.6. The Kier molecular flexibility index (Phi) is 6.57. The Morgan fingerprint density at radius 1 is 0.970 bits per heavy atom. The third kappa shape index (κ3) is 5.29. The second-order valence-corrected chi connectivity index (χ2v) is 9.81. The number of amides is 2. The number of carbonyl (C=O) groups excluding carboxylic acids is 2. The number of rotatable bonds is 6. The molecule has 1 unspecified atom stereocenters. The minimum Gasteiger partial charge on any atom is -0.326 e. The molecule has 0 aromatic heterocycles. The van der Waals surface area contributed by atoms with Crippen molar-refractivity contribution in [3.8, 4) is 0 Å². The molecule has 1 saturated heterocycles. The van der Waals surface area contributed by atoms with E-state index in [4.69, 9.17) is 0 Å². The van der Waals surface area contributed by atoms with Gasteiger partial charge in [0.05, 0.1) is 10.6 Å². The molecule has 1 atom stereocenters. The van der Waals surface area contributed by atoms with E-state index in [1.165, 1.54) is 41.3 Å². The van der Waals surface area contributed by atoms with Gasteiger partial charge in [-0.2, -0.15) is 8.42 Å². The predicted octanol–water partition coefficient (Wildman–Crippen LogP) is 4.05. The summed E-state index contributed by atoms with van der Waals surface area (Å²) in [5, 5.41) is 1.70. The molecule has 3 aromatic rings. The van der Waals surface area contributed by atoms with Gasteiger partial charge < -0.3 is 5.32 Å². The molecule has 1 fully saturated rings. The Balaban J connectivity index is 1.61. The van der Waals surface area contributed by atoms with E-state index in [1.54, 1.807) is 48.5 Å². The fourth-order valence-corrected chi connectivity index (χ4v) is 5.49. The number of thioether (sulfide) groups is 1.